The van der Waals surface area contributed by atoms with Crippen molar-refractivity contribution in [3.63, 3.8) is 0 Å². The largest absolute Gasteiger partial charge is 0.300 e. The van der Waals surface area contributed by atoms with E-state index in [0.29, 0.717) is 13.0 Å². The van der Waals surface area contributed by atoms with Crippen LogP contribution in [-0.4, -0.2) is 36.2 Å². The lowest BCUT2D eigenvalue weighted by atomic mass is 10.1. The van der Waals surface area contributed by atoms with Gasteiger partial charge >= 0.3 is 0 Å². The second-order valence-corrected chi connectivity index (χ2v) is 6.93. The lowest BCUT2D eigenvalue weighted by Crippen LogP contribution is -2.37. The van der Waals surface area contributed by atoms with Crippen LogP contribution in [0.1, 0.15) is 6.42 Å². The standard InChI is InChI=1S/C7H8ClNO3S2/c8-14(11,12)9-2-1-6-5(4-9)3-7(10)13-6/h3,6H,1-2,4H2. The zero-order valence-corrected chi connectivity index (χ0v) is 9.53. The van der Waals surface area contributed by atoms with Gasteiger partial charge in [-0.05, 0) is 18.1 Å². The summed E-state index contributed by atoms with van der Waals surface area (Å²) in [5.74, 6) is 0. The highest BCUT2D eigenvalue weighted by atomic mass is 35.7. The smallest absolute Gasteiger partial charge is 0.282 e. The second-order valence-electron chi connectivity index (χ2n) is 3.21. The first-order valence-electron chi connectivity index (χ1n) is 4.07. The van der Waals surface area contributed by atoms with Crippen LogP contribution in [0, 0.1) is 0 Å². The highest BCUT2D eigenvalue weighted by molar-refractivity contribution is 8.15. The van der Waals surface area contributed by atoms with E-state index >= 15 is 0 Å². The molecule has 0 saturated carbocycles. The van der Waals surface area contributed by atoms with Crippen molar-refractivity contribution < 1.29 is 13.2 Å². The predicted octanol–water partition coefficient (Wildman–Crippen LogP) is 0.744. The van der Waals surface area contributed by atoms with E-state index in [2.05, 4.69) is 0 Å². The highest BCUT2D eigenvalue weighted by Gasteiger charge is 2.34. The molecule has 1 saturated heterocycles. The van der Waals surface area contributed by atoms with Crippen LogP contribution in [0.4, 0.5) is 0 Å². The van der Waals surface area contributed by atoms with Crippen LogP contribution in [0.3, 0.4) is 0 Å². The van der Waals surface area contributed by atoms with E-state index in [4.69, 9.17) is 10.7 Å². The molecule has 0 N–H and O–H groups in total. The van der Waals surface area contributed by atoms with Crippen LogP contribution in [0.2, 0.25) is 0 Å². The second kappa shape index (κ2) is 3.52. The Morgan fingerprint density at radius 3 is 2.93 bits per heavy atom. The summed E-state index contributed by atoms with van der Waals surface area (Å²) < 4.78 is 23.2. The number of carbonyl (C=O) groups is 1. The number of hydrogen-bond donors (Lipinski definition) is 0. The number of carbonyl (C=O) groups excluding carboxylic acids is 1. The van der Waals surface area contributed by atoms with E-state index in [1.807, 2.05) is 0 Å². The summed E-state index contributed by atoms with van der Waals surface area (Å²) in [6.45, 7) is 0.656. The van der Waals surface area contributed by atoms with Gasteiger partial charge in [0.05, 0.1) is 0 Å². The minimum Gasteiger partial charge on any atom is -0.282 e. The Morgan fingerprint density at radius 1 is 1.57 bits per heavy atom. The summed E-state index contributed by atoms with van der Waals surface area (Å²) in [6.07, 6.45) is 2.18. The van der Waals surface area contributed by atoms with Crippen molar-refractivity contribution >= 4 is 36.8 Å². The van der Waals surface area contributed by atoms with Crippen molar-refractivity contribution in [3.8, 4) is 0 Å². The van der Waals surface area contributed by atoms with E-state index in [9.17, 15) is 13.2 Å². The van der Waals surface area contributed by atoms with Gasteiger partial charge in [-0.2, -0.15) is 12.7 Å². The first kappa shape index (κ1) is 10.5. The summed E-state index contributed by atoms with van der Waals surface area (Å²) in [5.41, 5.74) is 0.871. The average Bonchev–Trinajstić information content (AvgIpc) is 2.41. The third kappa shape index (κ3) is 1.98. The van der Waals surface area contributed by atoms with Gasteiger partial charge in [0, 0.05) is 29.0 Å². The molecule has 1 unspecified atom stereocenters. The van der Waals surface area contributed by atoms with Crippen molar-refractivity contribution in [2.45, 2.75) is 11.7 Å². The van der Waals surface area contributed by atoms with Gasteiger partial charge in [-0.15, -0.1) is 0 Å². The lowest BCUT2D eigenvalue weighted by molar-refractivity contribution is -0.106. The number of thioether (sulfide) groups is 1. The summed E-state index contributed by atoms with van der Waals surface area (Å²) in [6, 6.07) is 0. The Kier molecular flexibility index (Phi) is 2.63. The molecule has 7 heteroatoms. The normalized spacial score (nSPS) is 28.8. The van der Waals surface area contributed by atoms with Crippen LogP contribution in [-0.2, 0) is 14.0 Å². The Balaban J connectivity index is 2.18. The maximum atomic E-state index is 11.1. The monoisotopic (exact) mass is 253 g/mol. The molecule has 14 heavy (non-hydrogen) atoms. The minimum absolute atomic E-state index is 0.0128. The molecule has 0 aromatic carbocycles. The fourth-order valence-electron chi connectivity index (χ4n) is 1.62. The molecule has 0 aliphatic carbocycles. The van der Waals surface area contributed by atoms with Gasteiger partial charge in [-0.1, -0.05) is 11.8 Å². The Morgan fingerprint density at radius 2 is 2.29 bits per heavy atom. The molecule has 2 rings (SSSR count). The number of halogens is 1. The van der Waals surface area contributed by atoms with Gasteiger partial charge in [0.1, 0.15) is 0 Å². The molecule has 2 aliphatic rings. The number of rotatable bonds is 1. The fourth-order valence-corrected chi connectivity index (χ4v) is 3.61. The summed E-state index contributed by atoms with van der Waals surface area (Å²) in [4.78, 5) is 11.1. The summed E-state index contributed by atoms with van der Waals surface area (Å²) in [5, 5.41) is 0.177. The van der Waals surface area contributed by atoms with Crippen molar-refractivity contribution in [1.82, 2.24) is 4.31 Å². The Labute approximate surface area is 90.8 Å². The van der Waals surface area contributed by atoms with Crippen LogP contribution >= 0.6 is 22.4 Å². The van der Waals surface area contributed by atoms with Gasteiger partial charge in [-0.3, -0.25) is 4.79 Å². The topological polar surface area (TPSA) is 54.5 Å². The van der Waals surface area contributed by atoms with Gasteiger partial charge in [0.2, 0.25) is 5.12 Å². The minimum atomic E-state index is -3.64. The third-order valence-corrected chi connectivity index (χ3v) is 4.97. The van der Waals surface area contributed by atoms with E-state index < -0.39 is 9.24 Å². The molecule has 2 heterocycles. The molecule has 4 nitrogen and oxygen atoms in total. The number of nitrogens with zero attached hydrogens (tertiary/aromatic N) is 1. The average molecular weight is 254 g/mol. The van der Waals surface area contributed by atoms with E-state index in [1.165, 1.54) is 22.1 Å². The van der Waals surface area contributed by atoms with Crippen molar-refractivity contribution in [3.05, 3.63) is 11.6 Å². The maximum Gasteiger partial charge on any atom is 0.300 e. The van der Waals surface area contributed by atoms with Gasteiger partial charge in [-0.25, -0.2) is 0 Å². The summed E-state index contributed by atoms with van der Waals surface area (Å²) in [7, 11) is 1.58. The van der Waals surface area contributed by atoms with Crippen LogP contribution in [0.15, 0.2) is 11.6 Å². The molecule has 0 aromatic heterocycles. The molecule has 0 bridgehead atoms. The number of hydrogen-bond acceptors (Lipinski definition) is 4. The molecule has 2 aliphatic heterocycles. The molecule has 0 spiro atoms. The van der Waals surface area contributed by atoms with E-state index in [1.54, 1.807) is 0 Å². The molecule has 0 amide bonds. The first-order valence-corrected chi connectivity index (χ1v) is 7.22. The maximum absolute atomic E-state index is 11.1. The molecular formula is C7H8ClNO3S2. The van der Waals surface area contributed by atoms with Gasteiger partial charge in [0.25, 0.3) is 9.24 Å². The summed E-state index contributed by atoms with van der Waals surface area (Å²) >= 11 is 1.27. The number of piperidine rings is 1. The quantitative estimate of drug-likeness (QED) is 0.647. The molecule has 1 atom stereocenters. The van der Waals surface area contributed by atoms with Crippen molar-refractivity contribution in [2.75, 3.05) is 13.1 Å². The van der Waals surface area contributed by atoms with Gasteiger partial charge < -0.3 is 0 Å². The first-order chi connectivity index (χ1) is 6.47. The SMILES string of the molecule is O=C1C=C2CN(S(=O)(=O)Cl)CCC2S1. The predicted molar refractivity (Wildman–Crippen MR) is 55.4 cm³/mol. The van der Waals surface area contributed by atoms with Crippen LogP contribution in [0.5, 0.6) is 0 Å². The highest BCUT2D eigenvalue weighted by Crippen LogP contribution is 2.35. The lowest BCUT2D eigenvalue weighted by Gasteiger charge is -2.27. The van der Waals surface area contributed by atoms with E-state index in [0.717, 1.165) is 5.57 Å². The zero-order chi connectivity index (χ0) is 10.3. The van der Waals surface area contributed by atoms with E-state index in [-0.39, 0.29) is 16.9 Å². The molecule has 0 aromatic rings. The Bertz CT molecular complexity index is 403. The Hall–Kier alpha value is -0.0400. The molecular weight excluding hydrogens is 246 g/mol. The molecule has 1 fully saturated rings. The fraction of sp³-hybridized carbons (Fsp3) is 0.571. The van der Waals surface area contributed by atoms with Crippen LogP contribution < -0.4 is 0 Å². The van der Waals surface area contributed by atoms with Gasteiger partial charge in [0.15, 0.2) is 0 Å². The molecule has 78 valence electrons. The molecule has 0 radical (unpaired) electrons. The number of fused-ring (bicyclic) bond motifs is 1. The zero-order valence-electron chi connectivity index (χ0n) is 7.14. The van der Waals surface area contributed by atoms with Crippen molar-refractivity contribution in [1.29, 1.82) is 0 Å². The van der Waals surface area contributed by atoms with Crippen LogP contribution in [0.25, 0.3) is 0 Å². The van der Waals surface area contributed by atoms with Crippen molar-refractivity contribution in [2.24, 2.45) is 0 Å². The third-order valence-electron chi connectivity index (χ3n) is 2.28.